The van der Waals surface area contributed by atoms with E-state index < -0.39 is 11.6 Å². The van der Waals surface area contributed by atoms with Gasteiger partial charge in [0.15, 0.2) is 11.6 Å². The van der Waals surface area contributed by atoms with Crippen molar-refractivity contribution in [3.05, 3.63) is 35.4 Å². The molecule has 0 saturated carbocycles. The van der Waals surface area contributed by atoms with Gasteiger partial charge in [0, 0.05) is 17.3 Å². The monoisotopic (exact) mass is 244 g/mol. The Morgan fingerprint density at radius 1 is 1.23 bits per heavy atom. The average molecular weight is 245 g/mol. The summed E-state index contributed by atoms with van der Waals surface area (Å²) in [6.45, 7) is 0. The van der Waals surface area contributed by atoms with Gasteiger partial charge in [-0.05, 0) is 18.2 Å². The maximum atomic E-state index is 12.6. The van der Waals surface area contributed by atoms with Crippen molar-refractivity contribution in [2.45, 2.75) is 6.42 Å². The van der Waals surface area contributed by atoms with Gasteiger partial charge in [0.1, 0.15) is 0 Å². The lowest BCUT2D eigenvalue weighted by Gasteiger charge is -1.92. The molecule has 0 amide bonds. The molecule has 0 saturated heterocycles. The van der Waals surface area contributed by atoms with E-state index in [1.807, 2.05) is 0 Å². The molecule has 1 aromatic rings. The van der Waals surface area contributed by atoms with Gasteiger partial charge in [0.25, 0.3) is 0 Å². The van der Waals surface area contributed by atoms with Crippen LogP contribution in [0.2, 0.25) is 0 Å². The summed E-state index contributed by atoms with van der Waals surface area (Å²) in [6.07, 6.45) is 0.693. The Balaban J connectivity index is 2.81. The second-order valence-electron chi connectivity index (χ2n) is 2.37. The molecule has 0 heterocycles. The van der Waals surface area contributed by atoms with Crippen LogP contribution in [0.15, 0.2) is 18.2 Å². The molecule has 13 heavy (non-hydrogen) atoms. The molecule has 0 bridgehead atoms. The van der Waals surface area contributed by atoms with E-state index in [1.165, 1.54) is 6.07 Å². The van der Waals surface area contributed by atoms with Crippen LogP contribution in [-0.4, -0.2) is 5.33 Å². The number of benzene rings is 1. The first kappa shape index (κ1) is 10.2. The Bertz CT molecular complexity index is 350. The van der Waals surface area contributed by atoms with Crippen molar-refractivity contribution in [1.82, 2.24) is 0 Å². The second-order valence-corrected chi connectivity index (χ2v) is 3.16. The molecule has 0 aliphatic heterocycles. The Morgan fingerprint density at radius 2 is 2.00 bits per heavy atom. The summed E-state index contributed by atoms with van der Waals surface area (Å²) in [5, 5.41) is 0.781. The molecule has 0 unspecified atom stereocenters. The van der Waals surface area contributed by atoms with Crippen LogP contribution in [0.1, 0.15) is 12.0 Å². The molecule has 0 atom stereocenters. The Kier molecular flexibility index (Phi) is 3.91. The molecule has 0 spiro atoms. The third kappa shape index (κ3) is 3.16. The van der Waals surface area contributed by atoms with Crippen molar-refractivity contribution in [3.8, 4) is 11.8 Å². The number of hydrogen-bond donors (Lipinski definition) is 0. The molecule has 0 fully saturated rings. The van der Waals surface area contributed by atoms with E-state index in [1.54, 1.807) is 0 Å². The van der Waals surface area contributed by atoms with Crippen LogP contribution in [0, 0.1) is 23.5 Å². The minimum Gasteiger partial charge on any atom is -0.204 e. The predicted molar refractivity (Wildman–Crippen MR) is 51.6 cm³/mol. The molecule has 3 heteroatoms. The van der Waals surface area contributed by atoms with Gasteiger partial charge >= 0.3 is 0 Å². The molecule has 0 N–H and O–H groups in total. The summed E-state index contributed by atoms with van der Waals surface area (Å²) in [7, 11) is 0. The first-order chi connectivity index (χ1) is 6.24. The topological polar surface area (TPSA) is 0 Å². The first-order valence-electron chi connectivity index (χ1n) is 3.74. The van der Waals surface area contributed by atoms with Crippen LogP contribution in [0.4, 0.5) is 8.78 Å². The zero-order valence-corrected chi connectivity index (χ0v) is 8.37. The molecule has 68 valence electrons. The lowest BCUT2D eigenvalue weighted by molar-refractivity contribution is 0.508. The Morgan fingerprint density at radius 3 is 2.62 bits per heavy atom. The van der Waals surface area contributed by atoms with Gasteiger partial charge in [0.05, 0.1) is 0 Å². The summed E-state index contributed by atoms with van der Waals surface area (Å²) in [5.41, 5.74) is 0.500. The van der Waals surface area contributed by atoms with Gasteiger partial charge in [-0.25, -0.2) is 8.78 Å². The highest BCUT2D eigenvalue weighted by molar-refractivity contribution is 9.09. The highest BCUT2D eigenvalue weighted by Crippen LogP contribution is 2.07. The van der Waals surface area contributed by atoms with Crippen LogP contribution < -0.4 is 0 Å². The number of halogens is 3. The molecule has 0 aliphatic carbocycles. The predicted octanol–water partition coefficient (Wildman–Crippen LogP) is 3.10. The standard InChI is InChI=1S/C10H7BrF2/c11-6-2-1-3-8-4-5-9(12)10(13)7-8/h4-5,7H,2,6H2. The Hall–Kier alpha value is -0.880. The summed E-state index contributed by atoms with van der Waals surface area (Å²) < 4.78 is 25.1. The summed E-state index contributed by atoms with van der Waals surface area (Å²) in [4.78, 5) is 0. The van der Waals surface area contributed by atoms with Crippen molar-refractivity contribution in [1.29, 1.82) is 0 Å². The highest BCUT2D eigenvalue weighted by Gasteiger charge is 1.99. The molecule has 0 aromatic heterocycles. The van der Waals surface area contributed by atoms with E-state index in [9.17, 15) is 8.78 Å². The maximum absolute atomic E-state index is 12.6. The largest absolute Gasteiger partial charge is 0.204 e. The summed E-state index contributed by atoms with van der Waals surface area (Å²) in [6, 6.07) is 3.63. The zero-order chi connectivity index (χ0) is 9.68. The second kappa shape index (κ2) is 4.98. The highest BCUT2D eigenvalue weighted by atomic mass is 79.9. The first-order valence-corrected chi connectivity index (χ1v) is 4.86. The molecular weight excluding hydrogens is 238 g/mol. The fraction of sp³-hybridized carbons (Fsp3) is 0.200. The van der Waals surface area contributed by atoms with Gasteiger partial charge in [-0.1, -0.05) is 27.8 Å². The fourth-order valence-corrected chi connectivity index (χ4v) is 0.984. The van der Waals surface area contributed by atoms with Crippen molar-refractivity contribution >= 4 is 15.9 Å². The minimum atomic E-state index is -0.856. The van der Waals surface area contributed by atoms with Crippen LogP contribution in [0.3, 0.4) is 0 Å². The van der Waals surface area contributed by atoms with Gasteiger partial charge in [-0.15, -0.1) is 0 Å². The SMILES string of the molecule is Fc1ccc(C#CCCBr)cc1F. The van der Waals surface area contributed by atoms with E-state index >= 15 is 0 Å². The fourth-order valence-electron chi connectivity index (χ4n) is 0.786. The smallest absolute Gasteiger partial charge is 0.160 e. The third-order valence-electron chi connectivity index (χ3n) is 1.37. The average Bonchev–Trinajstić information content (AvgIpc) is 2.12. The van der Waals surface area contributed by atoms with Gasteiger partial charge < -0.3 is 0 Å². The Labute approximate surface area is 84.1 Å². The van der Waals surface area contributed by atoms with E-state index in [0.717, 1.165) is 17.5 Å². The third-order valence-corrected chi connectivity index (χ3v) is 1.77. The molecule has 0 aliphatic rings. The van der Waals surface area contributed by atoms with Crippen LogP contribution in [0.5, 0.6) is 0 Å². The zero-order valence-electron chi connectivity index (χ0n) is 6.78. The van der Waals surface area contributed by atoms with Crippen LogP contribution >= 0.6 is 15.9 Å². The van der Waals surface area contributed by atoms with E-state index in [0.29, 0.717) is 12.0 Å². The van der Waals surface area contributed by atoms with Crippen LogP contribution in [-0.2, 0) is 0 Å². The van der Waals surface area contributed by atoms with E-state index in [4.69, 9.17) is 0 Å². The molecule has 1 rings (SSSR count). The van der Waals surface area contributed by atoms with Crippen molar-refractivity contribution in [2.75, 3.05) is 5.33 Å². The van der Waals surface area contributed by atoms with Crippen molar-refractivity contribution in [3.63, 3.8) is 0 Å². The van der Waals surface area contributed by atoms with Gasteiger partial charge in [-0.2, -0.15) is 0 Å². The lowest BCUT2D eigenvalue weighted by Crippen LogP contribution is -1.84. The minimum absolute atomic E-state index is 0.500. The van der Waals surface area contributed by atoms with Gasteiger partial charge in [0.2, 0.25) is 0 Å². The lowest BCUT2D eigenvalue weighted by atomic mass is 10.2. The summed E-state index contributed by atoms with van der Waals surface area (Å²) in [5.74, 6) is 3.84. The van der Waals surface area contributed by atoms with E-state index in [2.05, 4.69) is 27.8 Å². The van der Waals surface area contributed by atoms with Crippen molar-refractivity contribution in [2.24, 2.45) is 0 Å². The van der Waals surface area contributed by atoms with E-state index in [-0.39, 0.29) is 0 Å². The molecule has 0 nitrogen and oxygen atoms in total. The maximum Gasteiger partial charge on any atom is 0.160 e. The summed E-state index contributed by atoms with van der Waals surface area (Å²) >= 11 is 3.21. The quantitative estimate of drug-likeness (QED) is 0.526. The molecule has 0 radical (unpaired) electrons. The van der Waals surface area contributed by atoms with Crippen LogP contribution in [0.25, 0.3) is 0 Å². The number of hydrogen-bond acceptors (Lipinski definition) is 0. The molecular formula is C10H7BrF2. The molecule has 1 aromatic carbocycles. The normalized spacial score (nSPS) is 9.15. The number of rotatable bonds is 1. The van der Waals surface area contributed by atoms with Crippen molar-refractivity contribution < 1.29 is 8.78 Å². The van der Waals surface area contributed by atoms with Gasteiger partial charge in [-0.3, -0.25) is 0 Å². The number of alkyl halides is 1.